The van der Waals surface area contributed by atoms with Gasteiger partial charge in [0, 0.05) is 12.7 Å². The zero-order chi connectivity index (χ0) is 21.5. The second-order valence-corrected chi connectivity index (χ2v) is 6.42. The monoisotopic (exact) mass is 408 g/mol. The number of nitrogens with one attached hydrogen (secondary N) is 1. The Labute approximate surface area is 175 Å². The van der Waals surface area contributed by atoms with E-state index in [1.54, 1.807) is 12.1 Å². The van der Waals surface area contributed by atoms with Crippen molar-refractivity contribution in [2.75, 3.05) is 28.4 Å². The lowest BCUT2D eigenvalue weighted by Gasteiger charge is -2.15. The number of hydrogen-bond acceptors (Lipinski definition) is 6. The Bertz CT molecular complexity index is 1040. The number of ether oxygens (including phenoxy) is 4. The normalized spacial score (nSPS) is 12.0. The van der Waals surface area contributed by atoms with E-state index in [0.29, 0.717) is 22.8 Å². The van der Waals surface area contributed by atoms with Crippen molar-refractivity contribution in [3.8, 4) is 17.2 Å². The maximum Gasteiger partial charge on any atom is 0.273 e. The second-order valence-electron chi connectivity index (χ2n) is 6.42. The minimum absolute atomic E-state index is 0.378. The van der Waals surface area contributed by atoms with Gasteiger partial charge in [-0.2, -0.15) is 5.10 Å². The van der Waals surface area contributed by atoms with Crippen LogP contribution in [0.1, 0.15) is 17.2 Å². The summed E-state index contributed by atoms with van der Waals surface area (Å²) in [7, 11) is 6.09. The molecular weight excluding hydrogens is 384 g/mol. The molecule has 0 aliphatic rings. The van der Waals surface area contributed by atoms with E-state index in [9.17, 15) is 4.79 Å². The first-order chi connectivity index (χ1) is 14.6. The number of carbonyl (C=O) groups is 1. The van der Waals surface area contributed by atoms with Crippen LogP contribution in [0.4, 0.5) is 0 Å². The van der Waals surface area contributed by atoms with Gasteiger partial charge in [-0.25, -0.2) is 5.43 Å². The van der Waals surface area contributed by atoms with Crippen molar-refractivity contribution in [2.45, 2.75) is 6.10 Å². The summed E-state index contributed by atoms with van der Waals surface area (Å²) < 4.78 is 21.4. The molecule has 0 saturated heterocycles. The maximum atomic E-state index is 12.6. The highest BCUT2D eigenvalue weighted by Gasteiger charge is 2.20. The van der Waals surface area contributed by atoms with E-state index in [-0.39, 0.29) is 5.91 Å². The van der Waals surface area contributed by atoms with Crippen LogP contribution in [-0.4, -0.2) is 40.6 Å². The van der Waals surface area contributed by atoms with E-state index in [4.69, 9.17) is 18.9 Å². The number of hydrazone groups is 1. The number of amides is 1. The summed E-state index contributed by atoms with van der Waals surface area (Å²) in [4.78, 5) is 12.6. The first-order valence-corrected chi connectivity index (χ1v) is 9.25. The molecule has 0 fully saturated rings. The summed E-state index contributed by atoms with van der Waals surface area (Å²) in [6.07, 6.45) is 0.710. The van der Waals surface area contributed by atoms with Crippen LogP contribution in [0.15, 0.2) is 59.7 Å². The average molecular weight is 408 g/mol. The van der Waals surface area contributed by atoms with Crippen molar-refractivity contribution in [3.05, 3.63) is 65.7 Å². The number of benzene rings is 3. The van der Waals surface area contributed by atoms with Crippen LogP contribution in [0.5, 0.6) is 17.2 Å². The van der Waals surface area contributed by atoms with E-state index in [0.717, 1.165) is 16.3 Å². The minimum atomic E-state index is -0.785. The van der Waals surface area contributed by atoms with Gasteiger partial charge < -0.3 is 18.9 Å². The smallest absolute Gasteiger partial charge is 0.273 e. The predicted molar refractivity (Wildman–Crippen MR) is 116 cm³/mol. The van der Waals surface area contributed by atoms with Gasteiger partial charge in [-0.1, -0.05) is 36.4 Å². The molecule has 0 aliphatic carbocycles. The molecule has 0 radical (unpaired) electrons. The molecule has 0 aromatic heterocycles. The Balaban J connectivity index is 1.76. The van der Waals surface area contributed by atoms with Gasteiger partial charge in [0.1, 0.15) is 0 Å². The lowest BCUT2D eigenvalue weighted by Crippen LogP contribution is -2.26. The van der Waals surface area contributed by atoms with E-state index < -0.39 is 6.10 Å². The summed E-state index contributed by atoms with van der Waals surface area (Å²) in [6, 6.07) is 17.2. The molecule has 1 N–H and O–H groups in total. The minimum Gasteiger partial charge on any atom is -0.493 e. The van der Waals surface area contributed by atoms with E-state index in [2.05, 4.69) is 10.5 Å². The average Bonchev–Trinajstić information content (AvgIpc) is 2.78. The third-order valence-corrected chi connectivity index (χ3v) is 4.63. The first kappa shape index (κ1) is 21.1. The maximum absolute atomic E-state index is 12.6. The van der Waals surface area contributed by atoms with Crippen LogP contribution >= 0.6 is 0 Å². The number of nitrogens with zero attached hydrogens (tertiary/aromatic N) is 1. The standard InChI is InChI=1S/C23H24N2O5/c1-27-19-11-15(12-20(28-2)22(19)30-4)14-24-25-23(26)21(29-3)18-10-9-16-7-5-6-8-17(16)13-18/h5-14,21H,1-4H3,(H,25,26)/b24-14+. The molecule has 3 aromatic carbocycles. The summed E-state index contributed by atoms with van der Waals surface area (Å²) in [5.74, 6) is 1.10. The Morgan fingerprint density at radius 1 is 0.900 bits per heavy atom. The van der Waals surface area contributed by atoms with Gasteiger partial charge in [-0.05, 0) is 34.5 Å². The number of rotatable bonds is 8. The highest BCUT2D eigenvalue weighted by Crippen LogP contribution is 2.37. The van der Waals surface area contributed by atoms with Gasteiger partial charge in [0.25, 0.3) is 5.91 Å². The van der Waals surface area contributed by atoms with E-state index in [1.807, 2.05) is 42.5 Å². The van der Waals surface area contributed by atoms with Crippen LogP contribution in [0.2, 0.25) is 0 Å². The second kappa shape index (κ2) is 9.76. The van der Waals surface area contributed by atoms with Gasteiger partial charge in [-0.3, -0.25) is 4.79 Å². The predicted octanol–water partition coefficient (Wildman–Crippen LogP) is 3.70. The molecule has 7 nitrogen and oxygen atoms in total. The molecule has 0 aliphatic heterocycles. The largest absolute Gasteiger partial charge is 0.493 e. The Morgan fingerprint density at radius 2 is 1.57 bits per heavy atom. The van der Waals surface area contributed by atoms with Crippen molar-refractivity contribution < 1.29 is 23.7 Å². The highest BCUT2D eigenvalue weighted by atomic mass is 16.5. The number of fused-ring (bicyclic) bond motifs is 1. The third kappa shape index (κ3) is 4.52. The molecule has 7 heteroatoms. The third-order valence-electron chi connectivity index (χ3n) is 4.63. The van der Waals surface area contributed by atoms with Crippen molar-refractivity contribution in [3.63, 3.8) is 0 Å². The molecule has 0 spiro atoms. The molecule has 1 unspecified atom stereocenters. The fraction of sp³-hybridized carbons (Fsp3) is 0.217. The van der Waals surface area contributed by atoms with Gasteiger partial charge in [0.2, 0.25) is 5.75 Å². The van der Waals surface area contributed by atoms with E-state index >= 15 is 0 Å². The molecule has 0 heterocycles. The number of methoxy groups -OCH3 is 4. The topological polar surface area (TPSA) is 78.4 Å². The van der Waals surface area contributed by atoms with Gasteiger partial charge in [0.05, 0.1) is 27.5 Å². The van der Waals surface area contributed by atoms with Crippen molar-refractivity contribution in [2.24, 2.45) is 5.10 Å². The van der Waals surface area contributed by atoms with E-state index in [1.165, 1.54) is 34.7 Å². The summed E-state index contributed by atoms with van der Waals surface area (Å²) in [5.41, 5.74) is 3.94. The van der Waals surface area contributed by atoms with Crippen LogP contribution < -0.4 is 19.6 Å². The van der Waals surface area contributed by atoms with Gasteiger partial charge in [-0.15, -0.1) is 0 Å². The molecular formula is C23H24N2O5. The molecule has 1 amide bonds. The molecule has 3 rings (SSSR count). The zero-order valence-electron chi connectivity index (χ0n) is 17.3. The van der Waals surface area contributed by atoms with Gasteiger partial charge in [0.15, 0.2) is 17.6 Å². The summed E-state index contributed by atoms with van der Waals surface area (Å²) in [5, 5.41) is 6.18. The molecule has 0 saturated carbocycles. The fourth-order valence-corrected chi connectivity index (χ4v) is 3.17. The Morgan fingerprint density at radius 3 is 2.17 bits per heavy atom. The molecule has 30 heavy (non-hydrogen) atoms. The Kier molecular flexibility index (Phi) is 6.87. The van der Waals surface area contributed by atoms with Crippen LogP contribution in [0.25, 0.3) is 10.8 Å². The SMILES string of the molecule is COc1cc(/C=N/NC(=O)C(OC)c2ccc3ccccc3c2)cc(OC)c1OC. The molecule has 1 atom stereocenters. The van der Waals surface area contributed by atoms with Crippen LogP contribution in [0, 0.1) is 0 Å². The quantitative estimate of drug-likeness (QED) is 0.454. The first-order valence-electron chi connectivity index (χ1n) is 9.25. The Hall–Kier alpha value is -3.58. The fourth-order valence-electron chi connectivity index (χ4n) is 3.17. The lowest BCUT2D eigenvalue weighted by molar-refractivity contribution is -0.131. The molecule has 0 bridgehead atoms. The molecule has 3 aromatic rings. The molecule has 156 valence electrons. The van der Waals surface area contributed by atoms with Crippen molar-refractivity contribution in [1.82, 2.24) is 5.43 Å². The number of carbonyl (C=O) groups excluding carboxylic acids is 1. The summed E-state index contributed by atoms with van der Waals surface area (Å²) >= 11 is 0. The lowest BCUT2D eigenvalue weighted by atomic mass is 10.0. The van der Waals surface area contributed by atoms with Crippen LogP contribution in [-0.2, 0) is 9.53 Å². The van der Waals surface area contributed by atoms with Crippen molar-refractivity contribution in [1.29, 1.82) is 0 Å². The van der Waals surface area contributed by atoms with Gasteiger partial charge >= 0.3 is 0 Å². The van der Waals surface area contributed by atoms with Crippen LogP contribution in [0.3, 0.4) is 0 Å². The highest BCUT2D eigenvalue weighted by molar-refractivity contribution is 5.88. The van der Waals surface area contributed by atoms with Crippen molar-refractivity contribution >= 4 is 22.9 Å². The zero-order valence-corrected chi connectivity index (χ0v) is 17.3. The number of hydrogen-bond donors (Lipinski definition) is 1. The summed E-state index contributed by atoms with van der Waals surface area (Å²) in [6.45, 7) is 0.